The van der Waals surface area contributed by atoms with Crippen molar-refractivity contribution in [2.24, 2.45) is 0 Å². The summed E-state index contributed by atoms with van der Waals surface area (Å²) in [5, 5.41) is 6.06. The lowest BCUT2D eigenvalue weighted by atomic mass is 9.94. The first-order valence-electron chi connectivity index (χ1n) is 14.3. The van der Waals surface area contributed by atoms with Crippen LogP contribution in [0.15, 0.2) is 79.3 Å². The van der Waals surface area contributed by atoms with Gasteiger partial charge in [0.25, 0.3) is 5.91 Å². The second kappa shape index (κ2) is 11.8. The fourth-order valence-corrected chi connectivity index (χ4v) is 5.28. The number of halogens is 2. The molecule has 0 saturated heterocycles. The average molecular weight is 580 g/mol. The van der Waals surface area contributed by atoms with Crippen LogP contribution in [-0.2, 0) is 17.8 Å². The third-order valence-electron chi connectivity index (χ3n) is 7.76. The monoisotopic (exact) mass is 579 g/mol. The molecule has 0 bridgehead atoms. The Hall–Kier alpha value is -4.92. The minimum Gasteiger partial charge on any atom is -0.349 e. The molecular formula is C34H31F2N5O2. The number of nitrogens with one attached hydrogen (secondary N) is 2. The Kier molecular flexibility index (Phi) is 7.71. The van der Waals surface area contributed by atoms with E-state index >= 15 is 0 Å². The molecule has 2 aromatic heterocycles. The lowest BCUT2D eigenvalue weighted by Gasteiger charge is -2.22. The summed E-state index contributed by atoms with van der Waals surface area (Å²) in [5.41, 5.74) is 6.67. The quantitative estimate of drug-likeness (QED) is 0.225. The second-order valence-electron chi connectivity index (χ2n) is 11.2. The molecule has 0 aliphatic heterocycles. The molecule has 9 heteroatoms. The number of pyridine rings is 1. The molecule has 0 unspecified atom stereocenters. The number of carbonyl (C=O) groups excluding carboxylic acids is 2. The second-order valence-corrected chi connectivity index (χ2v) is 11.2. The van der Waals surface area contributed by atoms with E-state index in [1.165, 1.54) is 12.1 Å². The number of imidazole rings is 1. The lowest BCUT2D eigenvalue weighted by Crippen LogP contribution is -2.33. The van der Waals surface area contributed by atoms with Gasteiger partial charge in [-0.25, -0.2) is 13.8 Å². The molecular weight excluding hydrogens is 548 g/mol. The molecule has 2 N–H and O–H groups in total. The van der Waals surface area contributed by atoms with Crippen LogP contribution in [0.5, 0.6) is 0 Å². The summed E-state index contributed by atoms with van der Waals surface area (Å²) >= 11 is 0. The number of hydrogen-bond acceptors (Lipinski definition) is 4. The predicted molar refractivity (Wildman–Crippen MR) is 160 cm³/mol. The fourth-order valence-electron chi connectivity index (χ4n) is 5.28. The maximum Gasteiger partial charge on any atom is 0.251 e. The Morgan fingerprint density at radius 1 is 0.953 bits per heavy atom. The van der Waals surface area contributed by atoms with E-state index in [0.717, 1.165) is 46.6 Å². The fraction of sp³-hybridized carbons (Fsp3) is 0.235. The zero-order valence-corrected chi connectivity index (χ0v) is 23.9. The Bertz CT molecular complexity index is 1830. The molecule has 2 heterocycles. The van der Waals surface area contributed by atoms with E-state index in [2.05, 4.69) is 20.6 Å². The minimum atomic E-state index is -0.729. The minimum absolute atomic E-state index is 0.00793. The highest BCUT2D eigenvalue weighted by molar-refractivity contribution is 5.96. The average Bonchev–Trinajstić information content (AvgIpc) is 3.72. The van der Waals surface area contributed by atoms with E-state index in [4.69, 9.17) is 0 Å². The molecule has 5 aromatic rings. The Balaban J connectivity index is 1.33. The van der Waals surface area contributed by atoms with Crippen LogP contribution in [0.1, 0.15) is 51.6 Å². The topological polar surface area (TPSA) is 88.9 Å². The van der Waals surface area contributed by atoms with E-state index in [9.17, 15) is 18.4 Å². The Morgan fingerprint density at radius 3 is 2.49 bits per heavy atom. The maximum atomic E-state index is 14.2. The van der Waals surface area contributed by atoms with Gasteiger partial charge in [0.2, 0.25) is 5.91 Å². The van der Waals surface area contributed by atoms with Crippen LogP contribution < -0.4 is 10.6 Å². The molecule has 0 radical (unpaired) electrons. The molecule has 1 aliphatic carbocycles. The highest BCUT2D eigenvalue weighted by Gasteiger charge is 2.25. The number of amides is 2. The number of benzene rings is 3. The number of aromatic nitrogens is 3. The summed E-state index contributed by atoms with van der Waals surface area (Å²) < 4.78 is 30.1. The molecule has 6 rings (SSSR count). The lowest BCUT2D eigenvalue weighted by molar-refractivity contribution is -0.122. The molecule has 1 atom stereocenters. The molecule has 0 spiro atoms. The zero-order valence-electron chi connectivity index (χ0n) is 23.9. The van der Waals surface area contributed by atoms with Gasteiger partial charge in [0.1, 0.15) is 18.2 Å². The van der Waals surface area contributed by atoms with Gasteiger partial charge in [-0.05, 0) is 97.8 Å². The van der Waals surface area contributed by atoms with Gasteiger partial charge in [0.05, 0.1) is 29.1 Å². The Labute approximate surface area is 248 Å². The summed E-state index contributed by atoms with van der Waals surface area (Å²) in [6.45, 7) is 4.01. The van der Waals surface area contributed by atoms with E-state index in [1.54, 1.807) is 41.4 Å². The van der Waals surface area contributed by atoms with Crippen LogP contribution in [0.2, 0.25) is 0 Å². The maximum absolute atomic E-state index is 14.2. The zero-order chi connectivity index (χ0) is 30.1. The van der Waals surface area contributed by atoms with Crippen molar-refractivity contribution in [1.29, 1.82) is 0 Å². The van der Waals surface area contributed by atoms with Crippen molar-refractivity contribution in [2.45, 2.75) is 51.7 Å². The van der Waals surface area contributed by atoms with Gasteiger partial charge >= 0.3 is 0 Å². The Morgan fingerprint density at radius 2 is 1.72 bits per heavy atom. The van der Waals surface area contributed by atoms with Gasteiger partial charge in [0, 0.05) is 29.4 Å². The molecule has 1 fully saturated rings. The summed E-state index contributed by atoms with van der Waals surface area (Å²) in [4.78, 5) is 35.4. The predicted octanol–water partition coefficient (Wildman–Crippen LogP) is 5.99. The number of rotatable bonds is 9. The summed E-state index contributed by atoms with van der Waals surface area (Å²) in [5.74, 6) is -1.86. The number of aryl methyl sites for hydroxylation is 2. The first-order chi connectivity index (χ1) is 20.7. The van der Waals surface area contributed by atoms with Crippen LogP contribution in [0.3, 0.4) is 0 Å². The molecule has 218 valence electrons. The van der Waals surface area contributed by atoms with Crippen LogP contribution in [0, 0.1) is 25.5 Å². The smallest absolute Gasteiger partial charge is 0.251 e. The molecule has 43 heavy (non-hydrogen) atoms. The van der Waals surface area contributed by atoms with Crippen LogP contribution in [0.25, 0.3) is 22.2 Å². The molecule has 1 saturated carbocycles. The highest BCUT2D eigenvalue weighted by atomic mass is 19.1. The van der Waals surface area contributed by atoms with E-state index in [1.807, 2.05) is 38.1 Å². The molecule has 1 aliphatic rings. The van der Waals surface area contributed by atoms with Gasteiger partial charge in [-0.1, -0.05) is 18.2 Å². The van der Waals surface area contributed by atoms with Gasteiger partial charge in [-0.15, -0.1) is 0 Å². The van der Waals surface area contributed by atoms with Gasteiger partial charge in [0.15, 0.2) is 0 Å². The standard InChI is InChI=1S/C34H31F2N5O2/c1-20-11-29-31(12-21(20)2)41(19-38-29)18-32(42)40-30(15-22-13-25(35)17-26(36)14-22)33-28(7-4-10-37-33)23-5-3-6-24(16-23)34(43)39-27-8-9-27/h3-7,10-14,16-17,19,27,30H,8-9,15,18H2,1-2H3,(H,39,43)(H,40,42)/t30-/m0/s1. The molecule has 3 aromatic carbocycles. The normalized spacial score (nSPS) is 13.6. The third-order valence-corrected chi connectivity index (χ3v) is 7.76. The van der Waals surface area contributed by atoms with Crippen LogP contribution >= 0.6 is 0 Å². The highest BCUT2D eigenvalue weighted by Crippen LogP contribution is 2.30. The SMILES string of the molecule is Cc1cc2ncn(CC(=O)N[C@@H](Cc3cc(F)cc(F)c3)c3ncccc3-c3cccc(C(=O)NC4CC4)c3)c2cc1C. The van der Waals surface area contributed by atoms with E-state index < -0.39 is 17.7 Å². The summed E-state index contributed by atoms with van der Waals surface area (Å²) in [6, 6.07) is 17.7. The van der Waals surface area contributed by atoms with Crippen molar-refractivity contribution in [3.8, 4) is 11.1 Å². The van der Waals surface area contributed by atoms with Crippen molar-refractivity contribution < 1.29 is 18.4 Å². The van der Waals surface area contributed by atoms with Crippen LogP contribution in [0.4, 0.5) is 8.78 Å². The first kappa shape index (κ1) is 28.2. The summed E-state index contributed by atoms with van der Waals surface area (Å²) in [6.07, 6.45) is 5.30. The van der Waals surface area contributed by atoms with Gasteiger partial charge < -0.3 is 15.2 Å². The van der Waals surface area contributed by atoms with Crippen LogP contribution in [-0.4, -0.2) is 32.4 Å². The first-order valence-corrected chi connectivity index (χ1v) is 14.3. The van der Waals surface area contributed by atoms with Crippen molar-refractivity contribution in [1.82, 2.24) is 25.2 Å². The van der Waals surface area contributed by atoms with Gasteiger partial charge in [-0.3, -0.25) is 14.6 Å². The van der Waals surface area contributed by atoms with Crippen molar-refractivity contribution >= 4 is 22.8 Å². The molecule has 2 amide bonds. The van der Waals surface area contributed by atoms with Crippen molar-refractivity contribution in [3.05, 3.63) is 119 Å². The number of fused-ring (bicyclic) bond motifs is 1. The molecule has 7 nitrogen and oxygen atoms in total. The number of hydrogen-bond donors (Lipinski definition) is 2. The largest absolute Gasteiger partial charge is 0.349 e. The number of nitrogens with zero attached hydrogens (tertiary/aromatic N) is 3. The van der Waals surface area contributed by atoms with Crippen molar-refractivity contribution in [2.75, 3.05) is 0 Å². The van der Waals surface area contributed by atoms with E-state index in [-0.39, 0.29) is 30.8 Å². The van der Waals surface area contributed by atoms with Crippen molar-refractivity contribution in [3.63, 3.8) is 0 Å². The van der Waals surface area contributed by atoms with Gasteiger partial charge in [-0.2, -0.15) is 0 Å². The number of carbonyl (C=O) groups is 2. The van der Waals surface area contributed by atoms with E-state index in [0.29, 0.717) is 22.4 Å². The summed E-state index contributed by atoms with van der Waals surface area (Å²) in [7, 11) is 0. The third kappa shape index (κ3) is 6.45.